The Hall–Kier alpha value is -0.530. The molecule has 0 aromatic rings. The van der Waals surface area contributed by atoms with Crippen LogP contribution < -0.4 is 0 Å². The monoisotopic (exact) mass is 183 g/mol. The maximum absolute atomic E-state index is 11.8. The highest BCUT2D eigenvalue weighted by atomic mass is 16.2. The van der Waals surface area contributed by atoms with Crippen molar-refractivity contribution in [1.29, 1.82) is 0 Å². The van der Waals surface area contributed by atoms with Crippen molar-refractivity contribution in [2.75, 3.05) is 13.1 Å². The molecule has 0 saturated carbocycles. The molecule has 1 aliphatic heterocycles. The van der Waals surface area contributed by atoms with Crippen LogP contribution in [0, 0.1) is 11.8 Å². The van der Waals surface area contributed by atoms with Crippen LogP contribution in [-0.4, -0.2) is 23.9 Å². The second-order valence-electron chi connectivity index (χ2n) is 4.56. The summed E-state index contributed by atoms with van der Waals surface area (Å²) < 4.78 is 0. The van der Waals surface area contributed by atoms with E-state index in [1.807, 2.05) is 4.90 Å². The number of hydrogen-bond donors (Lipinski definition) is 0. The van der Waals surface area contributed by atoms with Crippen LogP contribution in [0.15, 0.2) is 0 Å². The van der Waals surface area contributed by atoms with Gasteiger partial charge in [-0.3, -0.25) is 4.79 Å². The summed E-state index contributed by atoms with van der Waals surface area (Å²) in [6.45, 7) is 8.38. The van der Waals surface area contributed by atoms with Gasteiger partial charge in [-0.2, -0.15) is 0 Å². The smallest absolute Gasteiger partial charge is 0.225 e. The van der Waals surface area contributed by atoms with Crippen LogP contribution in [0.2, 0.25) is 0 Å². The lowest BCUT2D eigenvalue weighted by Crippen LogP contribution is -2.33. The summed E-state index contributed by atoms with van der Waals surface area (Å²) >= 11 is 0. The summed E-state index contributed by atoms with van der Waals surface area (Å²) in [6.07, 6.45) is 3.41. The van der Waals surface area contributed by atoms with Gasteiger partial charge in [-0.25, -0.2) is 0 Å². The van der Waals surface area contributed by atoms with E-state index in [0.29, 0.717) is 11.8 Å². The molecule has 0 aliphatic carbocycles. The van der Waals surface area contributed by atoms with Gasteiger partial charge in [-0.05, 0) is 25.2 Å². The zero-order chi connectivity index (χ0) is 9.84. The molecular formula is C11H21NO. The second kappa shape index (κ2) is 4.64. The van der Waals surface area contributed by atoms with E-state index >= 15 is 0 Å². The molecular weight excluding hydrogens is 162 g/mol. The molecule has 2 heteroatoms. The Bertz CT molecular complexity index is 171. The molecule has 0 aromatic carbocycles. The molecule has 0 spiro atoms. The van der Waals surface area contributed by atoms with Crippen molar-refractivity contribution in [3.05, 3.63) is 0 Å². The summed E-state index contributed by atoms with van der Waals surface area (Å²) in [6, 6.07) is 0. The Morgan fingerprint density at radius 1 is 1.23 bits per heavy atom. The summed E-state index contributed by atoms with van der Waals surface area (Å²) in [5, 5.41) is 0. The van der Waals surface area contributed by atoms with Crippen molar-refractivity contribution in [3.8, 4) is 0 Å². The molecule has 0 bridgehead atoms. The molecule has 1 aliphatic rings. The second-order valence-corrected chi connectivity index (χ2v) is 4.56. The predicted octanol–water partition coefficient (Wildman–Crippen LogP) is 2.29. The SMILES string of the molecule is CC(C)C[C@H](C)C(=O)N1CCCC1. The van der Waals surface area contributed by atoms with Crippen molar-refractivity contribution in [1.82, 2.24) is 4.90 Å². The fourth-order valence-corrected chi connectivity index (χ4v) is 2.06. The minimum atomic E-state index is 0.220. The van der Waals surface area contributed by atoms with Crippen LogP contribution in [0.1, 0.15) is 40.0 Å². The van der Waals surface area contributed by atoms with Crippen LogP contribution in [0.25, 0.3) is 0 Å². The first-order chi connectivity index (χ1) is 6.11. The van der Waals surface area contributed by atoms with Gasteiger partial charge in [0.1, 0.15) is 0 Å². The number of nitrogens with zero attached hydrogens (tertiary/aromatic N) is 1. The van der Waals surface area contributed by atoms with Crippen molar-refractivity contribution in [2.45, 2.75) is 40.0 Å². The van der Waals surface area contributed by atoms with Crippen molar-refractivity contribution >= 4 is 5.91 Å². The molecule has 1 rings (SSSR count). The quantitative estimate of drug-likeness (QED) is 0.657. The lowest BCUT2D eigenvalue weighted by molar-refractivity contribution is -0.134. The van der Waals surface area contributed by atoms with Crippen molar-refractivity contribution < 1.29 is 4.79 Å². The highest BCUT2D eigenvalue weighted by Gasteiger charge is 2.23. The van der Waals surface area contributed by atoms with Gasteiger partial charge in [0.15, 0.2) is 0 Å². The molecule has 2 nitrogen and oxygen atoms in total. The Morgan fingerprint density at radius 2 is 1.77 bits per heavy atom. The first-order valence-corrected chi connectivity index (χ1v) is 5.40. The molecule has 1 amide bonds. The standard InChI is InChI=1S/C11H21NO/c1-9(2)8-10(3)11(13)12-6-4-5-7-12/h9-10H,4-8H2,1-3H3/t10-/m0/s1. The van der Waals surface area contributed by atoms with Gasteiger partial charge in [0.25, 0.3) is 0 Å². The maximum atomic E-state index is 11.8. The minimum absolute atomic E-state index is 0.220. The van der Waals surface area contributed by atoms with Crippen LogP contribution >= 0.6 is 0 Å². The average molecular weight is 183 g/mol. The van der Waals surface area contributed by atoms with Gasteiger partial charge in [0, 0.05) is 19.0 Å². The summed E-state index contributed by atoms with van der Waals surface area (Å²) in [5.41, 5.74) is 0. The Balaban J connectivity index is 2.36. The highest BCUT2D eigenvalue weighted by Crippen LogP contribution is 2.17. The van der Waals surface area contributed by atoms with Crippen LogP contribution in [0.5, 0.6) is 0 Å². The number of likely N-dealkylation sites (tertiary alicyclic amines) is 1. The summed E-state index contributed by atoms with van der Waals surface area (Å²) in [5.74, 6) is 1.21. The predicted molar refractivity (Wildman–Crippen MR) is 54.4 cm³/mol. The lowest BCUT2D eigenvalue weighted by atomic mass is 9.98. The maximum Gasteiger partial charge on any atom is 0.225 e. The Kier molecular flexibility index (Phi) is 3.76. The third-order valence-electron chi connectivity index (χ3n) is 2.66. The van der Waals surface area contributed by atoms with E-state index in [1.165, 1.54) is 12.8 Å². The van der Waals surface area contributed by atoms with Gasteiger partial charge in [-0.1, -0.05) is 20.8 Å². The fraction of sp³-hybridized carbons (Fsp3) is 0.909. The number of rotatable bonds is 3. The average Bonchev–Trinajstić information content (AvgIpc) is 2.53. The minimum Gasteiger partial charge on any atom is -0.342 e. The molecule has 1 saturated heterocycles. The normalized spacial score (nSPS) is 19.5. The van der Waals surface area contributed by atoms with Gasteiger partial charge in [0.2, 0.25) is 5.91 Å². The summed E-state index contributed by atoms with van der Waals surface area (Å²) in [7, 11) is 0. The number of amides is 1. The third-order valence-corrected chi connectivity index (χ3v) is 2.66. The molecule has 76 valence electrons. The number of carbonyl (C=O) groups is 1. The summed E-state index contributed by atoms with van der Waals surface area (Å²) in [4.78, 5) is 13.8. The molecule has 0 unspecified atom stereocenters. The Labute approximate surface area is 81.3 Å². The van der Waals surface area contributed by atoms with E-state index < -0.39 is 0 Å². The molecule has 1 atom stereocenters. The van der Waals surface area contributed by atoms with Crippen molar-refractivity contribution in [2.24, 2.45) is 11.8 Å². The zero-order valence-corrected chi connectivity index (χ0v) is 9.05. The van der Waals surface area contributed by atoms with Crippen molar-refractivity contribution in [3.63, 3.8) is 0 Å². The first kappa shape index (κ1) is 10.6. The van der Waals surface area contributed by atoms with E-state index in [9.17, 15) is 4.79 Å². The zero-order valence-electron chi connectivity index (χ0n) is 9.05. The molecule has 0 N–H and O–H groups in total. The first-order valence-electron chi connectivity index (χ1n) is 5.40. The van der Waals surface area contributed by atoms with Gasteiger partial charge in [0.05, 0.1) is 0 Å². The van der Waals surface area contributed by atoms with E-state index in [-0.39, 0.29) is 5.92 Å². The van der Waals surface area contributed by atoms with Crippen LogP contribution in [-0.2, 0) is 4.79 Å². The Morgan fingerprint density at radius 3 is 2.23 bits per heavy atom. The largest absolute Gasteiger partial charge is 0.342 e. The fourth-order valence-electron chi connectivity index (χ4n) is 2.06. The van der Waals surface area contributed by atoms with Gasteiger partial charge < -0.3 is 4.90 Å². The number of hydrogen-bond acceptors (Lipinski definition) is 1. The lowest BCUT2D eigenvalue weighted by Gasteiger charge is -2.21. The van der Waals surface area contributed by atoms with Gasteiger partial charge in [-0.15, -0.1) is 0 Å². The molecule has 0 radical (unpaired) electrons. The van der Waals surface area contributed by atoms with E-state index in [4.69, 9.17) is 0 Å². The van der Waals surface area contributed by atoms with Crippen LogP contribution in [0.4, 0.5) is 0 Å². The third kappa shape index (κ3) is 3.02. The van der Waals surface area contributed by atoms with Crippen LogP contribution in [0.3, 0.4) is 0 Å². The topological polar surface area (TPSA) is 20.3 Å². The molecule has 0 aromatic heterocycles. The van der Waals surface area contributed by atoms with E-state index in [2.05, 4.69) is 20.8 Å². The van der Waals surface area contributed by atoms with E-state index in [0.717, 1.165) is 19.5 Å². The number of carbonyl (C=O) groups excluding carboxylic acids is 1. The molecule has 1 fully saturated rings. The molecule has 13 heavy (non-hydrogen) atoms. The highest BCUT2D eigenvalue weighted by molar-refractivity contribution is 5.78. The van der Waals surface area contributed by atoms with E-state index in [1.54, 1.807) is 0 Å². The van der Waals surface area contributed by atoms with Gasteiger partial charge >= 0.3 is 0 Å². The molecule has 1 heterocycles.